The van der Waals surface area contributed by atoms with Crippen LogP contribution in [0.2, 0.25) is 0 Å². The van der Waals surface area contributed by atoms with Crippen LogP contribution in [0.4, 0.5) is 14.6 Å². The number of aromatic nitrogens is 1. The smallest absolute Gasteiger partial charge is 0.252 e. The van der Waals surface area contributed by atoms with Crippen molar-refractivity contribution in [2.75, 3.05) is 30.3 Å². The van der Waals surface area contributed by atoms with E-state index < -0.39 is 27.1 Å². The molecule has 1 saturated heterocycles. The molecule has 0 radical (unpaired) electrons. The number of halogens is 2. The molecule has 1 aliphatic heterocycles. The van der Waals surface area contributed by atoms with Crippen LogP contribution in [0.15, 0.2) is 24.4 Å². The lowest BCUT2D eigenvalue weighted by Gasteiger charge is -2.41. The first-order valence-corrected chi connectivity index (χ1v) is 8.62. The summed E-state index contributed by atoms with van der Waals surface area (Å²) in [5, 5.41) is 0. The molecule has 124 valence electrons. The maximum absolute atomic E-state index is 14.1. The highest BCUT2D eigenvalue weighted by atomic mass is 32.2. The Labute approximate surface area is 129 Å². The maximum Gasteiger partial charge on any atom is 0.252 e. The summed E-state index contributed by atoms with van der Waals surface area (Å²) < 4.78 is 59.4. The molecule has 0 amide bonds. The third-order valence-electron chi connectivity index (χ3n) is 4.23. The van der Waals surface area contributed by atoms with Gasteiger partial charge in [-0.1, -0.05) is 6.07 Å². The van der Waals surface area contributed by atoms with Crippen LogP contribution >= 0.6 is 0 Å². The van der Waals surface area contributed by atoms with Crippen LogP contribution in [-0.2, 0) is 14.8 Å². The van der Waals surface area contributed by atoms with E-state index in [0.717, 1.165) is 11.2 Å². The molecule has 22 heavy (non-hydrogen) atoms. The molecule has 1 aromatic heterocycles. The van der Waals surface area contributed by atoms with Crippen molar-refractivity contribution in [2.45, 2.75) is 25.7 Å². The second-order valence-electron chi connectivity index (χ2n) is 5.69. The molecule has 2 rings (SSSR count). The molecular formula is C14H20F2N2O3S. The Balaban J connectivity index is 2.29. The SMILES string of the molecule is CN(c1ccccn1)S(=O)(=O)CC1(C(C)(F)F)CCOCC1. The van der Waals surface area contributed by atoms with Gasteiger partial charge in [0.2, 0.25) is 10.0 Å². The molecule has 0 saturated carbocycles. The third kappa shape index (κ3) is 3.38. The van der Waals surface area contributed by atoms with Gasteiger partial charge in [-0.25, -0.2) is 22.2 Å². The highest BCUT2D eigenvalue weighted by Gasteiger charge is 2.53. The van der Waals surface area contributed by atoms with Crippen molar-refractivity contribution >= 4 is 15.8 Å². The van der Waals surface area contributed by atoms with Crippen molar-refractivity contribution in [3.63, 3.8) is 0 Å². The Morgan fingerprint density at radius 1 is 1.36 bits per heavy atom. The largest absolute Gasteiger partial charge is 0.381 e. The molecule has 0 unspecified atom stereocenters. The fraction of sp³-hybridized carbons (Fsp3) is 0.643. The number of alkyl halides is 2. The van der Waals surface area contributed by atoms with E-state index in [1.54, 1.807) is 12.1 Å². The molecule has 2 heterocycles. The standard InChI is InChI=1S/C14H20F2N2O3S/c1-13(15,16)14(6-9-21-10-7-14)11-22(19,20)18(2)12-5-3-4-8-17-12/h3-5,8H,6-7,9-11H2,1-2H3. The van der Waals surface area contributed by atoms with Crippen LogP contribution in [0.1, 0.15) is 19.8 Å². The topological polar surface area (TPSA) is 59.5 Å². The second kappa shape index (κ2) is 6.08. The molecule has 0 aliphatic carbocycles. The molecule has 1 aliphatic rings. The zero-order chi connectivity index (χ0) is 16.4. The Bertz CT molecular complexity index is 596. The highest BCUT2D eigenvalue weighted by Crippen LogP contribution is 2.46. The molecule has 0 bridgehead atoms. The van der Waals surface area contributed by atoms with E-state index in [0.29, 0.717) is 0 Å². The highest BCUT2D eigenvalue weighted by molar-refractivity contribution is 7.92. The fourth-order valence-electron chi connectivity index (χ4n) is 2.60. The van der Waals surface area contributed by atoms with Gasteiger partial charge in [0, 0.05) is 26.5 Å². The van der Waals surface area contributed by atoms with E-state index in [-0.39, 0.29) is 31.9 Å². The summed E-state index contributed by atoms with van der Waals surface area (Å²) in [6, 6.07) is 4.83. The van der Waals surface area contributed by atoms with E-state index in [4.69, 9.17) is 4.74 Å². The minimum Gasteiger partial charge on any atom is -0.381 e. The van der Waals surface area contributed by atoms with Crippen LogP contribution in [0.25, 0.3) is 0 Å². The lowest BCUT2D eigenvalue weighted by atomic mass is 9.77. The Morgan fingerprint density at radius 2 is 2.00 bits per heavy atom. The van der Waals surface area contributed by atoms with Crippen LogP contribution in [0.3, 0.4) is 0 Å². The number of hydrogen-bond acceptors (Lipinski definition) is 4. The summed E-state index contributed by atoms with van der Waals surface area (Å²) in [4.78, 5) is 3.96. The Hall–Kier alpha value is -1.28. The normalized spacial score (nSPS) is 18.9. The summed E-state index contributed by atoms with van der Waals surface area (Å²) in [5.41, 5.74) is -1.60. The number of hydrogen-bond donors (Lipinski definition) is 0. The average Bonchev–Trinajstić information content (AvgIpc) is 2.47. The van der Waals surface area contributed by atoms with Crippen molar-refractivity contribution in [1.82, 2.24) is 4.98 Å². The van der Waals surface area contributed by atoms with E-state index in [9.17, 15) is 17.2 Å². The van der Waals surface area contributed by atoms with Gasteiger partial charge in [-0.3, -0.25) is 4.31 Å². The van der Waals surface area contributed by atoms with Crippen molar-refractivity contribution in [3.05, 3.63) is 24.4 Å². The van der Waals surface area contributed by atoms with Crippen LogP contribution in [0, 0.1) is 5.41 Å². The molecule has 0 aromatic carbocycles. The third-order valence-corrected chi connectivity index (χ3v) is 6.17. The number of sulfonamides is 1. The van der Waals surface area contributed by atoms with Gasteiger partial charge >= 0.3 is 0 Å². The van der Waals surface area contributed by atoms with Crippen molar-refractivity contribution < 1.29 is 21.9 Å². The van der Waals surface area contributed by atoms with Gasteiger partial charge in [0.05, 0.1) is 11.2 Å². The minimum atomic E-state index is -3.92. The van der Waals surface area contributed by atoms with E-state index in [1.165, 1.54) is 19.3 Å². The zero-order valence-corrected chi connectivity index (χ0v) is 13.4. The average molecular weight is 334 g/mol. The Morgan fingerprint density at radius 3 is 2.50 bits per heavy atom. The summed E-state index contributed by atoms with van der Waals surface area (Å²) in [6.07, 6.45) is 1.50. The quantitative estimate of drug-likeness (QED) is 0.829. The molecule has 1 aromatic rings. The van der Waals surface area contributed by atoms with Gasteiger partial charge in [-0.2, -0.15) is 0 Å². The van der Waals surface area contributed by atoms with E-state index >= 15 is 0 Å². The zero-order valence-electron chi connectivity index (χ0n) is 12.6. The first-order chi connectivity index (χ1) is 10.2. The number of pyridine rings is 1. The van der Waals surface area contributed by atoms with E-state index in [2.05, 4.69) is 4.98 Å². The minimum absolute atomic E-state index is 0.0196. The molecular weight excluding hydrogens is 314 g/mol. The molecule has 0 spiro atoms. The van der Waals surface area contributed by atoms with Gasteiger partial charge < -0.3 is 4.74 Å². The summed E-state index contributed by atoms with van der Waals surface area (Å²) in [5.74, 6) is -3.52. The summed E-state index contributed by atoms with van der Waals surface area (Å²) in [7, 11) is -2.59. The van der Waals surface area contributed by atoms with Gasteiger partial charge in [-0.15, -0.1) is 0 Å². The van der Waals surface area contributed by atoms with Crippen LogP contribution < -0.4 is 4.31 Å². The van der Waals surface area contributed by atoms with Crippen LogP contribution in [0.5, 0.6) is 0 Å². The predicted octanol–water partition coefficient (Wildman–Crippen LogP) is 2.30. The van der Waals surface area contributed by atoms with Gasteiger partial charge in [0.1, 0.15) is 5.82 Å². The molecule has 1 fully saturated rings. The van der Waals surface area contributed by atoms with Crippen molar-refractivity contribution in [3.8, 4) is 0 Å². The van der Waals surface area contributed by atoms with Crippen molar-refractivity contribution in [1.29, 1.82) is 0 Å². The summed E-state index contributed by atoms with van der Waals surface area (Å²) in [6.45, 7) is 1.08. The molecule has 8 heteroatoms. The van der Waals surface area contributed by atoms with Gasteiger partial charge in [0.25, 0.3) is 5.92 Å². The first-order valence-electron chi connectivity index (χ1n) is 7.01. The first kappa shape index (κ1) is 17.1. The number of ether oxygens (including phenoxy) is 1. The summed E-state index contributed by atoms with van der Waals surface area (Å²) >= 11 is 0. The second-order valence-corrected chi connectivity index (χ2v) is 7.69. The van der Waals surface area contributed by atoms with Gasteiger partial charge in [-0.05, 0) is 31.9 Å². The number of nitrogens with zero attached hydrogens (tertiary/aromatic N) is 2. The monoisotopic (exact) mass is 334 g/mol. The van der Waals surface area contributed by atoms with E-state index in [1.807, 2.05) is 0 Å². The molecule has 0 atom stereocenters. The maximum atomic E-state index is 14.1. The number of anilines is 1. The van der Waals surface area contributed by atoms with Crippen molar-refractivity contribution in [2.24, 2.45) is 5.41 Å². The Kier molecular flexibility index (Phi) is 4.72. The predicted molar refractivity (Wildman–Crippen MR) is 79.5 cm³/mol. The fourth-order valence-corrected chi connectivity index (χ4v) is 4.43. The molecule has 0 N–H and O–H groups in total. The van der Waals surface area contributed by atoms with Gasteiger partial charge in [0.15, 0.2) is 0 Å². The lowest BCUT2D eigenvalue weighted by molar-refractivity contribution is -0.138. The van der Waals surface area contributed by atoms with Crippen LogP contribution in [-0.4, -0.2) is 45.3 Å². The number of rotatable bonds is 5. The lowest BCUT2D eigenvalue weighted by Crippen LogP contribution is -2.50. The molecule has 5 nitrogen and oxygen atoms in total.